The van der Waals surface area contributed by atoms with E-state index in [-0.39, 0.29) is 0 Å². The highest BCUT2D eigenvalue weighted by atomic mass is 15.0. The first-order chi connectivity index (χ1) is 27.2. The standard InChI is InChI=1S/C50H29N5/c1-52-41-17-10-16-35(50(41)55-44-20-8-4-14-38(44)39-15-5-9-21-45(39)55)33-25-27-34(28-26-33)53-46-29-24-32(31-51)30-40(46)49-47(53)22-11-23-48(49)54-42-18-6-2-12-36(42)37-13-3-7-19-43(37)54/h2-30H. The van der Waals surface area contributed by atoms with Crippen molar-refractivity contribution >= 4 is 71.1 Å². The molecule has 0 aliphatic heterocycles. The maximum Gasteiger partial charge on any atom is 0.211 e. The SMILES string of the molecule is [C-]#[N+]c1cccc(-c2ccc(-n3c4ccc(C#N)cc4c4c(-n5c6ccccc6c6ccccc65)cccc43)cc2)c1-n1c2ccccc2c2ccccc21. The molecular weight excluding hydrogens is 671 g/mol. The molecule has 0 unspecified atom stereocenters. The van der Waals surface area contributed by atoms with Crippen LogP contribution in [0.25, 0.3) is 98.5 Å². The molecule has 0 bridgehead atoms. The molecule has 11 rings (SSSR count). The molecule has 3 aromatic heterocycles. The largest absolute Gasteiger partial charge is 0.318 e. The molecule has 0 amide bonds. The number of nitriles is 1. The zero-order chi connectivity index (χ0) is 36.6. The lowest BCUT2D eigenvalue weighted by atomic mass is 10.0. The Balaban J connectivity index is 1.14. The molecule has 0 N–H and O–H groups in total. The summed E-state index contributed by atoms with van der Waals surface area (Å²) >= 11 is 0. The van der Waals surface area contributed by atoms with Gasteiger partial charge in [0.25, 0.3) is 0 Å². The predicted octanol–water partition coefficient (Wildman–Crippen LogP) is 13.1. The summed E-state index contributed by atoms with van der Waals surface area (Å²) in [4.78, 5) is 4.03. The quantitative estimate of drug-likeness (QED) is 0.169. The van der Waals surface area contributed by atoms with Crippen molar-refractivity contribution in [1.29, 1.82) is 5.26 Å². The van der Waals surface area contributed by atoms with Gasteiger partial charge in [-0.25, -0.2) is 4.85 Å². The van der Waals surface area contributed by atoms with Gasteiger partial charge in [0, 0.05) is 38.0 Å². The lowest BCUT2D eigenvalue weighted by molar-refractivity contribution is 1.17. The number of hydrogen-bond donors (Lipinski definition) is 0. The maximum absolute atomic E-state index is 10.0. The minimum atomic E-state index is 0.598. The molecule has 11 aromatic rings. The van der Waals surface area contributed by atoms with Gasteiger partial charge in [0.2, 0.25) is 5.69 Å². The minimum absolute atomic E-state index is 0.598. The fourth-order valence-corrected chi connectivity index (χ4v) is 8.81. The second-order valence-electron chi connectivity index (χ2n) is 13.9. The van der Waals surface area contributed by atoms with Crippen molar-refractivity contribution in [2.24, 2.45) is 0 Å². The first-order valence-corrected chi connectivity index (χ1v) is 18.3. The highest BCUT2D eigenvalue weighted by Gasteiger charge is 2.21. The van der Waals surface area contributed by atoms with Gasteiger partial charge in [-0.3, -0.25) is 0 Å². The zero-order valence-electron chi connectivity index (χ0n) is 29.5. The second kappa shape index (κ2) is 11.8. The number of hydrogen-bond acceptors (Lipinski definition) is 1. The van der Waals surface area contributed by atoms with E-state index in [2.05, 4.69) is 176 Å². The van der Waals surface area contributed by atoms with Crippen LogP contribution in [-0.4, -0.2) is 13.7 Å². The van der Waals surface area contributed by atoms with Crippen molar-refractivity contribution in [3.8, 4) is 34.3 Å². The third kappa shape index (κ3) is 4.39. The summed E-state index contributed by atoms with van der Waals surface area (Å²) in [6, 6.07) is 63.5. The fourth-order valence-electron chi connectivity index (χ4n) is 8.81. The van der Waals surface area contributed by atoms with E-state index in [1.165, 1.54) is 10.8 Å². The van der Waals surface area contributed by atoms with Crippen molar-refractivity contribution in [3.05, 3.63) is 193 Å². The Hall–Kier alpha value is -7.86. The van der Waals surface area contributed by atoms with Gasteiger partial charge >= 0.3 is 0 Å². The molecule has 0 saturated heterocycles. The van der Waals surface area contributed by atoms with Gasteiger partial charge in [0.15, 0.2) is 0 Å². The van der Waals surface area contributed by atoms with Gasteiger partial charge in [0.1, 0.15) is 0 Å². The first-order valence-electron chi connectivity index (χ1n) is 18.3. The molecule has 254 valence electrons. The van der Waals surface area contributed by atoms with E-state index in [0.717, 1.165) is 82.8 Å². The average molecular weight is 700 g/mol. The average Bonchev–Trinajstić information content (AvgIpc) is 3.89. The summed E-state index contributed by atoms with van der Waals surface area (Å²) < 4.78 is 6.91. The number of para-hydroxylation sites is 5. The van der Waals surface area contributed by atoms with Gasteiger partial charge in [0.05, 0.1) is 62.7 Å². The highest BCUT2D eigenvalue weighted by Crippen LogP contribution is 2.43. The molecule has 0 aliphatic carbocycles. The van der Waals surface area contributed by atoms with Crippen LogP contribution in [0.15, 0.2) is 176 Å². The molecule has 55 heavy (non-hydrogen) atoms. The first kappa shape index (κ1) is 30.7. The number of benzene rings is 8. The Morgan fingerprint density at radius 1 is 0.455 bits per heavy atom. The smallest absolute Gasteiger partial charge is 0.211 e. The van der Waals surface area contributed by atoms with Crippen LogP contribution in [0.2, 0.25) is 0 Å². The minimum Gasteiger partial charge on any atom is -0.318 e. The summed E-state index contributed by atoms with van der Waals surface area (Å²) in [5.41, 5.74) is 12.7. The monoisotopic (exact) mass is 699 g/mol. The van der Waals surface area contributed by atoms with E-state index >= 15 is 0 Å². The second-order valence-corrected chi connectivity index (χ2v) is 13.9. The van der Waals surface area contributed by atoms with Crippen LogP contribution in [-0.2, 0) is 0 Å². The van der Waals surface area contributed by atoms with Crippen molar-refractivity contribution < 1.29 is 0 Å². The fraction of sp³-hybridized carbons (Fsp3) is 0. The Morgan fingerprint density at radius 3 is 1.56 bits per heavy atom. The van der Waals surface area contributed by atoms with E-state index in [9.17, 15) is 5.26 Å². The summed E-state index contributed by atoms with van der Waals surface area (Å²) in [5, 5.41) is 16.9. The predicted molar refractivity (Wildman–Crippen MR) is 226 cm³/mol. The molecular formula is C50H29N5. The van der Waals surface area contributed by atoms with Gasteiger partial charge in [-0.05, 0) is 77.9 Å². The number of rotatable bonds is 4. The molecule has 0 fully saturated rings. The van der Waals surface area contributed by atoms with Crippen molar-refractivity contribution in [2.75, 3.05) is 0 Å². The van der Waals surface area contributed by atoms with E-state index in [0.29, 0.717) is 11.3 Å². The van der Waals surface area contributed by atoms with Gasteiger partial charge < -0.3 is 13.7 Å². The zero-order valence-corrected chi connectivity index (χ0v) is 29.5. The van der Waals surface area contributed by atoms with Crippen LogP contribution >= 0.6 is 0 Å². The summed E-state index contributed by atoms with van der Waals surface area (Å²) in [5.74, 6) is 0. The topological polar surface area (TPSA) is 42.9 Å². The molecule has 0 radical (unpaired) electrons. The Labute approximate surface area is 316 Å². The number of aromatic nitrogens is 3. The van der Waals surface area contributed by atoms with Crippen molar-refractivity contribution in [3.63, 3.8) is 0 Å². The molecule has 0 atom stereocenters. The molecule has 8 aromatic carbocycles. The van der Waals surface area contributed by atoms with Gasteiger partial charge in [-0.2, -0.15) is 5.26 Å². The van der Waals surface area contributed by atoms with Crippen LogP contribution in [0.5, 0.6) is 0 Å². The van der Waals surface area contributed by atoms with E-state index < -0.39 is 0 Å². The van der Waals surface area contributed by atoms with Crippen LogP contribution in [0.1, 0.15) is 5.56 Å². The maximum atomic E-state index is 10.0. The summed E-state index contributed by atoms with van der Waals surface area (Å²) in [7, 11) is 0. The molecule has 5 heteroatoms. The van der Waals surface area contributed by atoms with Crippen LogP contribution in [0, 0.1) is 17.9 Å². The molecule has 5 nitrogen and oxygen atoms in total. The molecule has 3 heterocycles. The Bertz CT molecular complexity index is 3350. The summed E-state index contributed by atoms with van der Waals surface area (Å²) in [6.45, 7) is 8.22. The van der Waals surface area contributed by atoms with Crippen LogP contribution in [0.4, 0.5) is 5.69 Å². The Morgan fingerprint density at radius 2 is 0.982 bits per heavy atom. The lowest BCUT2D eigenvalue weighted by Gasteiger charge is -2.17. The van der Waals surface area contributed by atoms with E-state index in [1.54, 1.807) is 0 Å². The highest BCUT2D eigenvalue weighted by molar-refractivity contribution is 6.17. The molecule has 0 aliphatic rings. The van der Waals surface area contributed by atoms with Gasteiger partial charge in [-0.1, -0.05) is 109 Å². The molecule has 0 spiro atoms. The van der Waals surface area contributed by atoms with E-state index in [1.807, 2.05) is 24.3 Å². The Kier molecular flexibility index (Phi) is 6.61. The number of nitrogens with zero attached hydrogens (tertiary/aromatic N) is 5. The summed E-state index contributed by atoms with van der Waals surface area (Å²) in [6.07, 6.45) is 0. The van der Waals surface area contributed by atoms with Crippen molar-refractivity contribution in [2.45, 2.75) is 0 Å². The van der Waals surface area contributed by atoms with Crippen LogP contribution < -0.4 is 0 Å². The number of fused-ring (bicyclic) bond motifs is 9. The third-order valence-corrected chi connectivity index (χ3v) is 11.1. The van der Waals surface area contributed by atoms with E-state index in [4.69, 9.17) is 6.57 Å². The van der Waals surface area contributed by atoms with Crippen molar-refractivity contribution in [1.82, 2.24) is 13.7 Å². The molecule has 0 saturated carbocycles. The van der Waals surface area contributed by atoms with Crippen LogP contribution in [0.3, 0.4) is 0 Å². The normalized spacial score (nSPS) is 11.6. The lowest BCUT2D eigenvalue weighted by Crippen LogP contribution is -1.98. The third-order valence-electron chi connectivity index (χ3n) is 11.1. The van der Waals surface area contributed by atoms with Gasteiger partial charge in [-0.15, -0.1) is 0 Å².